The van der Waals surface area contributed by atoms with Crippen LogP contribution in [-0.4, -0.2) is 32.4 Å². The normalized spacial score (nSPS) is 17.0. The van der Waals surface area contributed by atoms with Crippen molar-refractivity contribution in [3.05, 3.63) is 50.8 Å². The largest absolute Gasteiger partial charge is 0.353 e. The predicted octanol–water partition coefficient (Wildman–Crippen LogP) is 3.42. The van der Waals surface area contributed by atoms with Gasteiger partial charge in [-0.15, -0.1) is 0 Å². The van der Waals surface area contributed by atoms with E-state index in [4.69, 9.17) is 0 Å². The number of hydrogen-bond acceptors (Lipinski definition) is 8. The first-order chi connectivity index (χ1) is 12.5. The van der Waals surface area contributed by atoms with Crippen molar-refractivity contribution in [3.8, 4) is 0 Å². The number of nitrogens with one attached hydrogen (secondary N) is 1. The molecule has 1 N–H and O–H groups in total. The Hall–Kier alpha value is -3.30. The van der Waals surface area contributed by atoms with Crippen LogP contribution in [0.5, 0.6) is 0 Å². The summed E-state index contributed by atoms with van der Waals surface area (Å²) in [4.78, 5) is 31.6. The number of rotatable bonds is 5. The Kier molecular flexibility index (Phi) is 4.92. The molecule has 26 heavy (non-hydrogen) atoms. The van der Waals surface area contributed by atoms with Gasteiger partial charge in [-0.05, 0) is 32.3 Å². The van der Waals surface area contributed by atoms with Gasteiger partial charge in [0.1, 0.15) is 6.33 Å². The number of hydrogen-bond donors (Lipinski definition) is 1. The molecule has 0 aliphatic carbocycles. The number of benzene rings is 1. The first kappa shape index (κ1) is 17.5. The van der Waals surface area contributed by atoms with Gasteiger partial charge in [-0.3, -0.25) is 20.2 Å². The number of nitrogens with zero attached hydrogens (tertiary/aromatic N) is 5. The molecule has 1 aromatic carbocycles. The highest BCUT2D eigenvalue weighted by Crippen LogP contribution is 2.36. The summed E-state index contributed by atoms with van der Waals surface area (Å²) in [5.74, 6) is 0.281. The Balaban J connectivity index is 1.99. The Bertz CT molecular complexity index is 843. The van der Waals surface area contributed by atoms with Gasteiger partial charge in [0.05, 0.1) is 9.85 Å². The molecule has 10 heteroatoms. The summed E-state index contributed by atoms with van der Waals surface area (Å²) in [5, 5.41) is 25.4. The zero-order valence-corrected chi connectivity index (χ0v) is 14.2. The van der Waals surface area contributed by atoms with E-state index in [9.17, 15) is 20.2 Å². The fourth-order valence-electron chi connectivity index (χ4n) is 3.09. The molecule has 1 aromatic heterocycles. The van der Waals surface area contributed by atoms with E-state index in [1.54, 1.807) is 6.07 Å². The first-order valence-electron chi connectivity index (χ1n) is 8.25. The topological polar surface area (TPSA) is 127 Å². The monoisotopic (exact) mass is 358 g/mol. The maximum Gasteiger partial charge on any atom is 0.353 e. The summed E-state index contributed by atoms with van der Waals surface area (Å²) in [5.41, 5.74) is 0.00276. The van der Waals surface area contributed by atoms with E-state index >= 15 is 0 Å². The van der Waals surface area contributed by atoms with Crippen LogP contribution < -0.4 is 10.2 Å². The number of anilines is 3. The van der Waals surface area contributed by atoms with E-state index in [0.717, 1.165) is 19.3 Å². The molecule has 0 spiro atoms. The third-order valence-corrected chi connectivity index (χ3v) is 4.38. The highest BCUT2D eigenvalue weighted by molar-refractivity contribution is 5.75. The SMILES string of the molecule is CC1CCCCN1c1ncnc(Nc2cccc([N+](=O)[O-])c2)c1[N+](=O)[O-]. The van der Waals surface area contributed by atoms with Crippen molar-refractivity contribution in [1.82, 2.24) is 9.97 Å². The molecule has 1 aliphatic heterocycles. The lowest BCUT2D eigenvalue weighted by Gasteiger charge is -2.33. The van der Waals surface area contributed by atoms with Gasteiger partial charge in [-0.2, -0.15) is 0 Å². The van der Waals surface area contributed by atoms with Crippen LogP contribution in [0.15, 0.2) is 30.6 Å². The second kappa shape index (κ2) is 7.30. The number of piperidine rings is 1. The standard InChI is InChI=1S/C16H18N6O4/c1-11-5-2-3-8-20(11)16-14(22(25)26)15(17-10-18-16)19-12-6-4-7-13(9-12)21(23)24/h4,6-7,9-11H,2-3,5,8H2,1H3,(H,17,18,19). The van der Waals surface area contributed by atoms with Crippen LogP contribution in [0.4, 0.5) is 28.7 Å². The molecule has 136 valence electrons. The number of nitro groups is 2. The minimum atomic E-state index is -0.527. The van der Waals surface area contributed by atoms with E-state index in [0.29, 0.717) is 12.2 Å². The summed E-state index contributed by atoms with van der Waals surface area (Å²) < 4.78 is 0. The molecule has 1 fully saturated rings. The maximum atomic E-state index is 11.7. The molecule has 0 bridgehead atoms. The maximum absolute atomic E-state index is 11.7. The zero-order chi connectivity index (χ0) is 18.7. The molecule has 3 rings (SSSR count). The van der Waals surface area contributed by atoms with Gasteiger partial charge in [0, 0.05) is 30.4 Å². The van der Waals surface area contributed by atoms with Crippen molar-refractivity contribution in [2.75, 3.05) is 16.8 Å². The van der Waals surface area contributed by atoms with Crippen molar-refractivity contribution in [2.24, 2.45) is 0 Å². The smallest absolute Gasteiger partial charge is 0.348 e. The Labute approximate surface area is 149 Å². The minimum Gasteiger partial charge on any atom is -0.348 e. The van der Waals surface area contributed by atoms with Crippen molar-refractivity contribution in [1.29, 1.82) is 0 Å². The molecule has 0 radical (unpaired) electrons. The fourth-order valence-corrected chi connectivity index (χ4v) is 3.09. The van der Waals surface area contributed by atoms with Crippen LogP contribution in [0.2, 0.25) is 0 Å². The van der Waals surface area contributed by atoms with E-state index in [1.807, 2.05) is 11.8 Å². The van der Waals surface area contributed by atoms with E-state index in [2.05, 4.69) is 15.3 Å². The Morgan fingerprint density at radius 1 is 1.19 bits per heavy atom. The zero-order valence-electron chi connectivity index (χ0n) is 14.2. The molecule has 1 unspecified atom stereocenters. The average molecular weight is 358 g/mol. The van der Waals surface area contributed by atoms with Gasteiger partial charge < -0.3 is 10.2 Å². The molecule has 1 saturated heterocycles. The van der Waals surface area contributed by atoms with Gasteiger partial charge in [-0.1, -0.05) is 6.07 Å². The van der Waals surface area contributed by atoms with E-state index in [-0.39, 0.29) is 29.1 Å². The fraction of sp³-hybridized carbons (Fsp3) is 0.375. The second-order valence-corrected chi connectivity index (χ2v) is 6.12. The minimum absolute atomic E-state index is 0.0123. The lowest BCUT2D eigenvalue weighted by atomic mass is 10.0. The van der Waals surface area contributed by atoms with Crippen LogP contribution >= 0.6 is 0 Å². The van der Waals surface area contributed by atoms with E-state index < -0.39 is 9.85 Å². The molecular weight excluding hydrogens is 340 g/mol. The Morgan fingerprint density at radius 3 is 2.69 bits per heavy atom. The highest BCUT2D eigenvalue weighted by Gasteiger charge is 2.30. The summed E-state index contributed by atoms with van der Waals surface area (Å²) in [6.07, 6.45) is 4.23. The van der Waals surface area contributed by atoms with E-state index in [1.165, 1.54) is 24.5 Å². The van der Waals surface area contributed by atoms with Gasteiger partial charge >= 0.3 is 5.69 Å². The summed E-state index contributed by atoms with van der Waals surface area (Å²) in [7, 11) is 0. The second-order valence-electron chi connectivity index (χ2n) is 6.12. The highest BCUT2D eigenvalue weighted by atomic mass is 16.6. The van der Waals surface area contributed by atoms with Crippen LogP contribution in [0, 0.1) is 20.2 Å². The third kappa shape index (κ3) is 3.53. The van der Waals surface area contributed by atoms with Crippen molar-refractivity contribution >= 4 is 28.7 Å². The van der Waals surface area contributed by atoms with Crippen molar-refractivity contribution < 1.29 is 9.85 Å². The predicted molar refractivity (Wildman–Crippen MR) is 95.7 cm³/mol. The molecule has 0 saturated carbocycles. The summed E-state index contributed by atoms with van der Waals surface area (Å²) in [6, 6.07) is 5.88. The van der Waals surface area contributed by atoms with Crippen molar-refractivity contribution in [2.45, 2.75) is 32.2 Å². The molecule has 2 heterocycles. The van der Waals surface area contributed by atoms with Crippen LogP contribution in [0.25, 0.3) is 0 Å². The third-order valence-electron chi connectivity index (χ3n) is 4.38. The molecule has 1 atom stereocenters. The number of non-ortho nitro benzene ring substituents is 1. The molecule has 0 amide bonds. The van der Waals surface area contributed by atoms with Crippen LogP contribution in [0.3, 0.4) is 0 Å². The summed E-state index contributed by atoms with van der Waals surface area (Å²) in [6.45, 7) is 2.70. The van der Waals surface area contributed by atoms with Crippen LogP contribution in [0.1, 0.15) is 26.2 Å². The van der Waals surface area contributed by atoms with Gasteiger partial charge in [0.15, 0.2) is 0 Å². The molecule has 1 aliphatic rings. The van der Waals surface area contributed by atoms with Crippen molar-refractivity contribution in [3.63, 3.8) is 0 Å². The number of aromatic nitrogens is 2. The molecular formula is C16H18N6O4. The van der Waals surface area contributed by atoms with Gasteiger partial charge in [0.25, 0.3) is 5.69 Å². The van der Waals surface area contributed by atoms with Gasteiger partial charge in [0.2, 0.25) is 11.6 Å². The van der Waals surface area contributed by atoms with Gasteiger partial charge in [-0.25, -0.2) is 9.97 Å². The lowest BCUT2D eigenvalue weighted by molar-refractivity contribution is -0.384. The summed E-state index contributed by atoms with van der Waals surface area (Å²) >= 11 is 0. The molecule has 2 aromatic rings. The average Bonchev–Trinajstić information content (AvgIpc) is 2.62. The van der Waals surface area contributed by atoms with Crippen LogP contribution in [-0.2, 0) is 0 Å². The first-order valence-corrected chi connectivity index (χ1v) is 8.25. The lowest BCUT2D eigenvalue weighted by Crippen LogP contribution is -2.38. The quantitative estimate of drug-likeness (QED) is 0.636. The molecule has 10 nitrogen and oxygen atoms in total. The number of nitro benzene ring substituents is 1. The Morgan fingerprint density at radius 2 is 2.00 bits per heavy atom.